The standard InChI is InChI=1S/C19H20BrF2IN2O4/c1-9-6-10(23)4-5-13(9)24-17-11(7-12(20)15(21)16(17)22)18(28)25-29-19(2,3)14(27)8-26/h4-7,14,24,26-27H,8H2,1-3H3,(H,25,28). The molecule has 10 heteroatoms. The summed E-state index contributed by atoms with van der Waals surface area (Å²) in [7, 11) is 0. The molecule has 0 saturated heterocycles. The number of hydroxylamine groups is 1. The van der Waals surface area contributed by atoms with Crippen molar-refractivity contribution < 1.29 is 28.6 Å². The van der Waals surface area contributed by atoms with E-state index in [1.54, 1.807) is 19.1 Å². The molecule has 0 fully saturated rings. The van der Waals surface area contributed by atoms with E-state index in [1.165, 1.54) is 13.8 Å². The second kappa shape index (κ2) is 9.65. The normalized spacial score (nSPS) is 12.6. The molecular formula is C19H20BrF2IN2O4. The average molecular weight is 585 g/mol. The number of benzene rings is 2. The van der Waals surface area contributed by atoms with Gasteiger partial charge >= 0.3 is 0 Å². The molecule has 1 amide bonds. The van der Waals surface area contributed by atoms with Crippen LogP contribution in [0, 0.1) is 22.1 Å². The first kappa shape index (κ1) is 23.9. The van der Waals surface area contributed by atoms with Gasteiger partial charge in [-0.05, 0) is 89.1 Å². The number of hydrogen-bond acceptors (Lipinski definition) is 5. The van der Waals surface area contributed by atoms with Crippen molar-refractivity contribution >= 4 is 55.8 Å². The Morgan fingerprint density at radius 1 is 1.31 bits per heavy atom. The van der Waals surface area contributed by atoms with Crippen LogP contribution in [0.15, 0.2) is 28.7 Å². The summed E-state index contributed by atoms with van der Waals surface area (Å²) in [5, 5.41) is 21.6. The Labute approximate surface area is 188 Å². The zero-order chi connectivity index (χ0) is 21.9. The Hall–Kier alpha value is -1.34. The Kier molecular flexibility index (Phi) is 7.96. The highest BCUT2D eigenvalue weighted by atomic mass is 127. The second-order valence-corrected chi connectivity index (χ2v) is 8.93. The van der Waals surface area contributed by atoms with Gasteiger partial charge < -0.3 is 15.5 Å². The molecule has 158 valence electrons. The fourth-order valence-electron chi connectivity index (χ4n) is 2.32. The van der Waals surface area contributed by atoms with Gasteiger partial charge in [0.25, 0.3) is 5.91 Å². The first-order valence-electron chi connectivity index (χ1n) is 8.46. The number of amides is 1. The quantitative estimate of drug-likeness (QED) is 0.223. The molecule has 1 atom stereocenters. The van der Waals surface area contributed by atoms with E-state index in [9.17, 15) is 18.7 Å². The van der Waals surface area contributed by atoms with Gasteiger partial charge in [-0.15, -0.1) is 0 Å². The lowest BCUT2D eigenvalue weighted by molar-refractivity contribution is -0.144. The van der Waals surface area contributed by atoms with E-state index >= 15 is 0 Å². The number of aliphatic hydroxyl groups excluding tert-OH is 2. The summed E-state index contributed by atoms with van der Waals surface area (Å²) in [5.74, 6) is -3.25. The van der Waals surface area contributed by atoms with Crippen molar-refractivity contribution in [3.05, 3.63) is 55.1 Å². The number of aryl methyl sites for hydroxylation is 1. The van der Waals surface area contributed by atoms with Crippen molar-refractivity contribution in [2.24, 2.45) is 0 Å². The number of halogens is 4. The van der Waals surface area contributed by atoms with E-state index in [0.29, 0.717) is 5.69 Å². The number of carbonyl (C=O) groups is 1. The SMILES string of the molecule is Cc1cc(I)ccc1Nc1c(C(=O)NOC(C)(C)C(O)CO)cc(Br)c(F)c1F. The number of rotatable bonds is 7. The smallest absolute Gasteiger partial charge is 0.277 e. The average Bonchev–Trinajstić information content (AvgIpc) is 2.67. The van der Waals surface area contributed by atoms with E-state index < -0.39 is 35.9 Å². The van der Waals surface area contributed by atoms with Crippen molar-refractivity contribution in [2.75, 3.05) is 11.9 Å². The van der Waals surface area contributed by atoms with Gasteiger partial charge in [-0.3, -0.25) is 9.63 Å². The van der Waals surface area contributed by atoms with E-state index in [4.69, 9.17) is 9.94 Å². The van der Waals surface area contributed by atoms with Gasteiger partial charge in [0.1, 0.15) is 11.7 Å². The summed E-state index contributed by atoms with van der Waals surface area (Å²) in [6, 6.07) is 6.44. The molecule has 0 radical (unpaired) electrons. The molecule has 2 aromatic rings. The molecule has 29 heavy (non-hydrogen) atoms. The highest BCUT2D eigenvalue weighted by Crippen LogP contribution is 2.32. The predicted octanol–water partition coefficient (Wildman–Crippen LogP) is 4.18. The number of aliphatic hydroxyl groups is 2. The van der Waals surface area contributed by atoms with Crippen LogP contribution in [0.25, 0.3) is 0 Å². The summed E-state index contributed by atoms with van der Waals surface area (Å²) >= 11 is 5.02. The first-order chi connectivity index (χ1) is 13.5. The highest BCUT2D eigenvalue weighted by Gasteiger charge is 2.31. The van der Waals surface area contributed by atoms with Crippen LogP contribution < -0.4 is 10.8 Å². The molecule has 0 aromatic heterocycles. The Bertz CT molecular complexity index is 928. The maximum Gasteiger partial charge on any atom is 0.277 e. The molecule has 2 rings (SSSR count). The predicted molar refractivity (Wildman–Crippen MR) is 117 cm³/mol. The minimum Gasteiger partial charge on any atom is -0.394 e. The second-order valence-electron chi connectivity index (χ2n) is 6.83. The van der Waals surface area contributed by atoms with Crippen LogP contribution in [0.4, 0.5) is 20.2 Å². The maximum atomic E-state index is 14.7. The third-order valence-electron chi connectivity index (χ3n) is 4.24. The zero-order valence-electron chi connectivity index (χ0n) is 15.8. The largest absolute Gasteiger partial charge is 0.394 e. The summed E-state index contributed by atoms with van der Waals surface area (Å²) < 4.78 is 29.5. The van der Waals surface area contributed by atoms with Gasteiger partial charge in [-0.1, -0.05) is 0 Å². The fourth-order valence-corrected chi connectivity index (χ4v) is 3.37. The van der Waals surface area contributed by atoms with Gasteiger partial charge in [0.2, 0.25) is 0 Å². The van der Waals surface area contributed by atoms with Crippen LogP contribution >= 0.6 is 38.5 Å². The zero-order valence-corrected chi connectivity index (χ0v) is 19.6. The number of nitrogens with one attached hydrogen (secondary N) is 2. The fraction of sp³-hybridized carbons (Fsp3) is 0.316. The van der Waals surface area contributed by atoms with Crippen molar-refractivity contribution in [3.8, 4) is 0 Å². The minimum absolute atomic E-state index is 0.219. The van der Waals surface area contributed by atoms with Crippen LogP contribution in [0.5, 0.6) is 0 Å². The van der Waals surface area contributed by atoms with Gasteiger partial charge in [-0.25, -0.2) is 14.3 Å². The number of hydrogen-bond donors (Lipinski definition) is 4. The van der Waals surface area contributed by atoms with Crippen LogP contribution in [0.2, 0.25) is 0 Å². The molecule has 6 nitrogen and oxygen atoms in total. The number of carbonyl (C=O) groups excluding carboxylic acids is 1. The molecule has 0 aliphatic rings. The molecule has 0 aliphatic heterocycles. The molecule has 0 heterocycles. The van der Waals surface area contributed by atoms with Crippen molar-refractivity contribution in [1.29, 1.82) is 0 Å². The Morgan fingerprint density at radius 2 is 1.97 bits per heavy atom. The van der Waals surface area contributed by atoms with Gasteiger partial charge in [0.05, 0.1) is 22.3 Å². The Morgan fingerprint density at radius 3 is 2.55 bits per heavy atom. The van der Waals surface area contributed by atoms with Crippen LogP contribution in [0.3, 0.4) is 0 Å². The lowest BCUT2D eigenvalue weighted by atomic mass is 10.0. The van der Waals surface area contributed by atoms with E-state index in [2.05, 4.69) is 49.3 Å². The third-order valence-corrected chi connectivity index (χ3v) is 5.49. The molecule has 0 aliphatic carbocycles. The van der Waals surface area contributed by atoms with E-state index in [1.807, 2.05) is 6.07 Å². The van der Waals surface area contributed by atoms with Gasteiger partial charge in [-0.2, -0.15) is 0 Å². The maximum absolute atomic E-state index is 14.7. The monoisotopic (exact) mass is 584 g/mol. The van der Waals surface area contributed by atoms with Crippen LogP contribution in [0.1, 0.15) is 29.8 Å². The van der Waals surface area contributed by atoms with Gasteiger partial charge in [0, 0.05) is 9.26 Å². The van der Waals surface area contributed by atoms with Gasteiger partial charge in [0.15, 0.2) is 11.6 Å². The summed E-state index contributed by atoms with van der Waals surface area (Å²) in [6.45, 7) is 4.10. The summed E-state index contributed by atoms with van der Waals surface area (Å²) in [4.78, 5) is 17.8. The van der Waals surface area contributed by atoms with E-state index in [0.717, 1.165) is 15.2 Å². The summed E-state index contributed by atoms with van der Waals surface area (Å²) in [5.41, 5.74) is 1.48. The first-order valence-corrected chi connectivity index (χ1v) is 10.3. The molecule has 1 unspecified atom stereocenters. The molecule has 0 saturated carbocycles. The van der Waals surface area contributed by atoms with Crippen LogP contribution in [-0.2, 0) is 4.84 Å². The topological polar surface area (TPSA) is 90.8 Å². The molecular weight excluding hydrogens is 565 g/mol. The molecule has 0 spiro atoms. The number of anilines is 2. The summed E-state index contributed by atoms with van der Waals surface area (Å²) in [6.07, 6.45) is -1.27. The van der Waals surface area contributed by atoms with Crippen molar-refractivity contribution in [2.45, 2.75) is 32.5 Å². The lowest BCUT2D eigenvalue weighted by Crippen LogP contribution is -2.46. The molecule has 2 aromatic carbocycles. The molecule has 4 N–H and O–H groups in total. The highest BCUT2D eigenvalue weighted by molar-refractivity contribution is 14.1. The van der Waals surface area contributed by atoms with E-state index in [-0.39, 0.29) is 15.7 Å². The minimum atomic E-state index is -1.32. The Balaban J connectivity index is 2.39. The van der Waals surface area contributed by atoms with Crippen molar-refractivity contribution in [3.63, 3.8) is 0 Å². The van der Waals surface area contributed by atoms with Crippen molar-refractivity contribution in [1.82, 2.24) is 5.48 Å². The lowest BCUT2D eigenvalue weighted by Gasteiger charge is -2.28. The molecule has 0 bridgehead atoms. The van der Waals surface area contributed by atoms with Crippen LogP contribution in [-0.4, -0.2) is 34.4 Å². The third kappa shape index (κ3) is 5.63.